The maximum Gasteiger partial charge on any atom is 0.269 e. The second-order valence-electron chi connectivity index (χ2n) is 6.15. The van der Waals surface area contributed by atoms with E-state index in [1.165, 1.54) is 24.3 Å². The van der Waals surface area contributed by atoms with Crippen LogP contribution in [-0.4, -0.2) is 54.3 Å². The molecule has 1 aromatic carbocycles. The highest BCUT2D eigenvalue weighted by molar-refractivity contribution is 7.91. The van der Waals surface area contributed by atoms with Gasteiger partial charge in [0.2, 0.25) is 0 Å². The molecule has 1 fully saturated rings. The standard InChI is InChI=1S/C16H22N2O6S/c1-3-12(2)17(14-8-9-25(22,23)11-14)16(19)10-24-15-6-4-13(5-7-15)18(20)21/h4-7,12,14H,3,8-11H2,1-2H3/t12-,14-/m0/s1. The van der Waals surface area contributed by atoms with Gasteiger partial charge in [0.1, 0.15) is 5.75 Å². The summed E-state index contributed by atoms with van der Waals surface area (Å²) in [4.78, 5) is 24.3. The summed E-state index contributed by atoms with van der Waals surface area (Å²) in [5.41, 5.74) is -0.0592. The van der Waals surface area contributed by atoms with Gasteiger partial charge in [-0.15, -0.1) is 0 Å². The summed E-state index contributed by atoms with van der Waals surface area (Å²) < 4.78 is 28.9. The van der Waals surface area contributed by atoms with Gasteiger partial charge in [0, 0.05) is 24.2 Å². The van der Waals surface area contributed by atoms with Crippen LogP contribution >= 0.6 is 0 Å². The molecule has 1 aromatic rings. The molecule has 0 saturated carbocycles. The minimum Gasteiger partial charge on any atom is -0.484 e. The first-order chi connectivity index (χ1) is 11.7. The fourth-order valence-corrected chi connectivity index (χ4v) is 4.60. The van der Waals surface area contributed by atoms with E-state index in [0.29, 0.717) is 18.6 Å². The molecule has 0 aromatic heterocycles. The SMILES string of the molecule is CC[C@H](C)N(C(=O)COc1ccc([N+](=O)[O-])cc1)[C@H]1CCS(=O)(=O)C1. The number of non-ortho nitro benzene ring substituents is 1. The van der Waals surface area contributed by atoms with Crippen molar-refractivity contribution >= 4 is 21.4 Å². The zero-order valence-corrected chi connectivity index (χ0v) is 15.1. The topological polar surface area (TPSA) is 107 Å². The van der Waals surface area contributed by atoms with E-state index in [1.807, 2.05) is 13.8 Å². The first-order valence-corrected chi connectivity index (χ1v) is 9.94. The van der Waals surface area contributed by atoms with Crippen LogP contribution in [-0.2, 0) is 14.6 Å². The first-order valence-electron chi connectivity index (χ1n) is 8.12. The summed E-state index contributed by atoms with van der Waals surface area (Å²) in [5, 5.41) is 10.6. The first kappa shape index (κ1) is 19.2. The monoisotopic (exact) mass is 370 g/mol. The van der Waals surface area contributed by atoms with Crippen molar-refractivity contribution in [1.29, 1.82) is 0 Å². The van der Waals surface area contributed by atoms with Crippen molar-refractivity contribution < 1.29 is 22.9 Å². The fourth-order valence-electron chi connectivity index (χ4n) is 2.88. The van der Waals surface area contributed by atoms with Crippen LogP contribution in [0, 0.1) is 10.1 Å². The van der Waals surface area contributed by atoms with E-state index in [0.717, 1.165) is 0 Å². The molecular weight excluding hydrogens is 348 g/mol. The van der Waals surface area contributed by atoms with Crippen molar-refractivity contribution in [1.82, 2.24) is 4.90 Å². The Kier molecular flexibility index (Phi) is 5.99. The third-order valence-corrected chi connectivity index (χ3v) is 6.12. The maximum absolute atomic E-state index is 12.6. The van der Waals surface area contributed by atoms with Crippen LogP contribution in [0.5, 0.6) is 5.75 Å². The predicted octanol–water partition coefficient (Wildman–Crippen LogP) is 1.79. The number of carbonyl (C=O) groups excluding carboxylic acids is 1. The van der Waals surface area contributed by atoms with Crippen LogP contribution in [0.2, 0.25) is 0 Å². The average Bonchev–Trinajstić information content (AvgIpc) is 2.92. The van der Waals surface area contributed by atoms with E-state index in [2.05, 4.69) is 0 Å². The number of nitro benzene ring substituents is 1. The van der Waals surface area contributed by atoms with Gasteiger partial charge in [-0.25, -0.2) is 8.42 Å². The summed E-state index contributed by atoms with van der Waals surface area (Å²) in [6.07, 6.45) is 1.15. The van der Waals surface area contributed by atoms with Crippen LogP contribution in [0.3, 0.4) is 0 Å². The Morgan fingerprint density at radius 1 is 1.40 bits per heavy atom. The van der Waals surface area contributed by atoms with Gasteiger partial charge in [-0.1, -0.05) is 6.92 Å². The Balaban J connectivity index is 2.03. The van der Waals surface area contributed by atoms with Crippen LogP contribution in [0.25, 0.3) is 0 Å². The lowest BCUT2D eigenvalue weighted by Crippen LogP contribution is -2.48. The lowest BCUT2D eigenvalue weighted by atomic mass is 10.1. The second-order valence-corrected chi connectivity index (χ2v) is 8.38. The molecule has 2 atom stereocenters. The maximum atomic E-state index is 12.6. The molecule has 1 aliphatic heterocycles. The molecule has 0 unspecified atom stereocenters. The Morgan fingerprint density at radius 3 is 2.52 bits per heavy atom. The zero-order valence-electron chi connectivity index (χ0n) is 14.3. The highest BCUT2D eigenvalue weighted by Gasteiger charge is 2.36. The lowest BCUT2D eigenvalue weighted by Gasteiger charge is -2.33. The molecule has 1 aliphatic rings. The number of hydrogen-bond acceptors (Lipinski definition) is 6. The number of amides is 1. The Hall–Kier alpha value is -2.16. The largest absolute Gasteiger partial charge is 0.484 e. The van der Waals surface area contributed by atoms with Crippen LogP contribution < -0.4 is 4.74 Å². The molecule has 0 radical (unpaired) electrons. The molecule has 138 valence electrons. The summed E-state index contributed by atoms with van der Waals surface area (Å²) in [5.74, 6) is 0.152. The summed E-state index contributed by atoms with van der Waals surface area (Å²) in [6.45, 7) is 3.58. The zero-order chi connectivity index (χ0) is 18.6. The van der Waals surface area contributed by atoms with Crippen molar-refractivity contribution in [2.24, 2.45) is 0 Å². The van der Waals surface area contributed by atoms with Crippen LogP contribution in [0.4, 0.5) is 5.69 Å². The highest BCUT2D eigenvalue weighted by Crippen LogP contribution is 2.22. The minimum atomic E-state index is -3.09. The van der Waals surface area contributed by atoms with E-state index in [9.17, 15) is 23.3 Å². The number of sulfone groups is 1. The third kappa shape index (κ3) is 4.91. The molecule has 1 saturated heterocycles. The number of carbonyl (C=O) groups is 1. The second kappa shape index (κ2) is 7.81. The number of benzene rings is 1. The van der Waals surface area contributed by atoms with Crippen molar-refractivity contribution in [3.05, 3.63) is 34.4 Å². The molecule has 0 N–H and O–H groups in total. The van der Waals surface area contributed by atoms with Gasteiger partial charge < -0.3 is 9.64 Å². The van der Waals surface area contributed by atoms with Gasteiger partial charge in [-0.3, -0.25) is 14.9 Å². The van der Waals surface area contributed by atoms with Crippen LogP contribution in [0.1, 0.15) is 26.7 Å². The minimum absolute atomic E-state index is 0.0133. The summed E-state index contributed by atoms with van der Waals surface area (Å²) >= 11 is 0. The molecule has 0 spiro atoms. The average molecular weight is 370 g/mol. The van der Waals surface area contributed by atoms with E-state index in [-0.39, 0.29) is 41.8 Å². The van der Waals surface area contributed by atoms with Gasteiger partial charge in [-0.05, 0) is 31.9 Å². The quantitative estimate of drug-likeness (QED) is 0.535. The Labute approximate surface area is 146 Å². The van der Waals surface area contributed by atoms with Gasteiger partial charge in [0.05, 0.1) is 16.4 Å². The van der Waals surface area contributed by atoms with Gasteiger partial charge in [0.25, 0.3) is 11.6 Å². The molecule has 2 rings (SSSR count). The summed E-state index contributed by atoms with van der Waals surface area (Å²) in [6, 6.07) is 5.04. The number of ether oxygens (including phenoxy) is 1. The molecule has 1 heterocycles. The van der Waals surface area contributed by atoms with Gasteiger partial charge in [0.15, 0.2) is 16.4 Å². The molecule has 8 nitrogen and oxygen atoms in total. The number of nitrogens with zero attached hydrogens (tertiary/aromatic N) is 2. The van der Waals surface area contributed by atoms with Gasteiger partial charge in [-0.2, -0.15) is 0 Å². The summed E-state index contributed by atoms with van der Waals surface area (Å²) in [7, 11) is -3.09. The molecule has 9 heteroatoms. The smallest absolute Gasteiger partial charge is 0.269 e. The normalized spacial score (nSPS) is 20.0. The number of hydrogen-bond donors (Lipinski definition) is 0. The molecule has 25 heavy (non-hydrogen) atoms. The van der Waals surface area contributed by atoms with Crippen molar-refractivity contribution in [2.75, 3.05) is 18.1 Å². The van der Waals surface area contributed by atoms with E-state index in [1.54, 1.807) is 4.90 Å². The third-order valence-electron chi connectivity index (χ3n) is 4.37. The molecule has 0 bridgehead atoms. The van der Waals surface area contributed by atoms with Crippen molar-refractivity contribution in [2.45, 2.75) is 38.8 Å². The molecular formula is C16H22N2O6S. The van der Waals surface area contributed by atoms with Crippen LogP contribution in [0.15, 0.2) is 24.3 Å². The molecule has 0 aliphatic carbocycles. The Morgan fingerprint density at radius 2 is 2.04 bits per heavy atom. The van der Waals surface area contributed by atoms with Crippen molar-refractivity contribution in [3.63, 3.8) is 0 Å². The Bertz CT molecular complexity index is 731. The van der Waals surface area contributed by atoms with Crippen molar-refractivity contribution in [3.8, 4) is 5.75 Å². The van der Waals surface area contributed by atoms with Gasteiger partial charge >= 0.3 is 0 Å². The lowest BCUT2D eigenvalue weighted by molar-refractivity contribution is -0.384. The highest BCUT2D eigenvalue weighted by atomic mass is 32.2. The fraction of sp³-hybridized carbons (Fsp3) is 0.562. The van der Waals surface area contributed by atoms with E-state index >= 15 is 0 Å². The predicted molar refractivity (Wildman–Crippen MR) is 92.2 cm³/mol. The molecule has 1 amide bonds. The number of rotatable bonds is 7. The van der Waals surface area contributed by atoms with E-state index < -0.39 is 14.8 Å². The number of nitro groups is 1. The van der Waals surface area contributed by atoms with E-state index in [4.69, 9.17) is 4.74 Å².